The molecule has 148 valence electrons. The van der Waals surface area contributed by atoms with Crippen LogP contribution < -0.4 is 10.6 Å². The van der Waals surface area contributed by atoms with Crippen molar-refractivity contribution in [1.82, 2.24) is 10.6 Å². The fourth-order valence-electron chi connectivity index (χ4n) is 2.58. The first-order chi connectivity index (χ1) is 12.6. The van der Waals surface area contributed by atoms with Crippen LogP contribution in [0.15, 0.2) is 29.2 Å². The minimum absolute atomic E-state index is 0.00317. The lowest BCUT2D eigenvalue weighted by Gasteiger charge is -2.15. The van der Waals surface area contributed by atoms with Gasteiger partial charge in [-0.3, -0.25) is 10.1 Å². The van der Waals surface area contributed by atoms with Gasteiger partial charge in [0.25, 0.3) is 5.91 Å². The highest BCUT2D eigenvalue weighted by molar-refractivity contribution is 8.00. The Hall–Kier alpha value is -2.23. The SMILES string of the molecule is C[C@H](OC(=O)c1ccc(SC(F)(F)F)cc1)C(=O)NC(=O)NC1CCCC1. The van der Waals surface area contributed by atoms with E-state index in [1.165, 1.54) is 19.1 Å². The van der Waals surface area contributed by atoms with Crippen molar-refractivity contribution in [2.24, 2.45) is 0 Å². The zero-order valence-electron chi connectivity index (χ0n) is 14.5. The van der Waals surface area contributed by atoms with Gasteiger partial charge in [-0.2, -0.15) is 13.2 Å². The zero-order chi connectivity index (χ0) is 20.0. The molecule has 0 spiro atoms. The molecule has 0 radical (unpaired) electrons. The smallest absolute Gasteiger partial charge is 0.446 e. The van der Waals surface area contributed by atoms with Crippen LogP contribution in [0.3, 0.4) is 0 Å². The molecule has 1 aliphatic rings. The van der Waals surface area contributed by atoms with E-state index in [0.29, 0.717) is 0 Å². The summed E-state index contributed by atoms with van der Waals surface area (Å²) in [5.74, 6) is -1.67. The topological polar surface area (TPSA) is 84.5 Å². The molecule has 0 saturated heterocycles. The molecule has 1 saturated carbocycles. The van der Waals surface area contributed by atoms with Gasteiger partial charge >= 0.3 is 17.5 Å². The van der Waals surface area contributed by atoms with Gasteiger partial charge in [0.2, 0.25) is 0 Å². The molecule has 1 aromatic rings. The van der Waals surface area contributed by atoms with Crippen LogP contribution in [0, 0.1) is 0 Å². The zero-order valence-corrected chi connectivity index (χ0v) is 15.3. The first kappa shape index (κ1) is 21.1. The van der Waals surface area contributed by atoms with Crippen LogP contribution in [-0.2, 0) is 9.53 Å². The Morgan fingerprint density at radius 2 is 1.74 bits per heavy atom. The highest BCUT2D eigenvalue weighted by atomic mass is 32.2. The van der Waals surface area contributed by atoms with Gasteiger partial charge in [0.15, 0.2) is 6.10 Å². The van der Waals surface area contributed by atoms with Crippen LogP contribution in [0.5, 0.6) is 0 Å². The molecule has 2 N–H and O–H groups in total. The van der Waals surface area contributed by atoms with E-state index in [4.69, 9.17) is 4.74 Å². The summed E-state index contributed by atoms with van der Waals surface area (Å²) in [4.78, 5) is 35.6. The van der Waals surface area contributed by atoms with Crippen LogP contribution >= 0.6 is 11.8 Å². The average molecular weight is 404 g/mol. The van der Waals surface area contributed by atoms with Gasteiger partial charge in [-0.15, -0.1) is 0 Å². The van der Waals surface area contributed by atoms with Crippen molar-refractivity contribution in [2.45, 2.75) is 55.2 Å². The number of carbonyl (C=O) groups is 3. The lowest BCUT2D eigenvalue weighted by atomic mass is 10.2. The number of amides is 3. The number of carbonyl (C=O) groups excluding carboxylic acids is 3. The van der Waals surface area contributed by atoms with Gasteiger partial charge in [-0.05, 0) is 55.8 Å². The molecule has 3 amide bonds. The quantitative estimate of drug-likeness (QED) is 0.579. The fourth-order valence-corrected chi connectivity index (χ4v) is 3.12. The molecule has 27 heavy (non-hydrogen) atoms. The van der Waals surface area contributed by atoms with Crippen molar-refractivity contribution in [2.75, 3.05) is 0 Å². The minimum Gasteiger partial charge on any atom is -0.449 e. The van der Waals surface area contributed by atoms with Crippen LogP contribution in [0.1, 0.15) is 43.0 Å². The second kappa shape index (κ2) is 9.12. The van der Waals surface area contributed by atoms with E-state index in [1.54, 1.807) is 0 Å². The number of hydrogen-bond donors (Lipinski definition) is 2. The molecule has 0 unspecified atom stereocenters. The number of urea groups is 1. The predicted molar refractivity (Wildman–Crippen MR) is 92.2 cm³/mol. The highest BCUT2D eigenvalue weighted by Crippen LogP contribution is 2.36. The van der Waals surface area contributed by atoms with Gasteiger partial charge in [0.1, 0.15) is 0 Å². The molecule has 0 aromatic heterocycles. The molecule has 1 fully saturated rings. The Kier molecular flexibility index (Phi) is 7.11. The maximum atomic E-state index is 12.3. The van der Waals surface area contributed by atoms with Gasteiger partial charge in [0.05, 0.1) is 5.56 Å². The Labute approximate surface area is 158 Å². The summed E-state index contributed by atoms with van der Waals surface area (Å²) < 4.78 is 41.8. The lowest BCUT2D eigenvalue weighted by Crippen LogP contribution is -2.47. The number of hydrogen-bond acceptors (Lipinski definition) is 5. The lowest BCUT2D eigenvalue weighted by molar-refractivity contribution is -0.127. The summed E-state index contributed by atoms with van der Waals surface area (Å²) in [5, 5.41) is 4.77. The molecule has 1 atom stereocenters. The second-order valence-corrected chi connectivity index (χ2v) is 7.20. The van der Waals surface area contributed by atoms with Crippen molar-refractivity contribution in [1.29, 1.82) is 0 Å². The summed E-state index contributed by atoms with van der Waals surface area (Å²) in [6.45, 7) is 1.30. The second-order valence-electron chi connectivity index (χ2n) is 6.06. The Morgan fingerprint density at radius 3 is 2.30 bits per heavy atom. The molecule has 10 heteroatoms. The number of rotatable bonds is 5. The number of thioether (sulfide) groups is 1. The van der Waals surface area contributed by atoms with Crippen molar-refractivity contribution >= 4 is 29.7 Å². The van der Waals surface area contributed by atoms with Crippen molar-refractivity contribution < 1.29 is 32.3 Å². The summed E-state index contributed by atoms with van der Waals surface area (Å²) in [7, 11) is 0. The first-order valence-electron chi connectivity index (χ1n) is 8.32. The molecule has 6 nitrogen and oxygen atoms in total. The monoisotopic (exact) mass is 404 g/mol. The maximum Gasteiger partial charge on any atom is 0.446 e. The van der Waals surface area contributed by atoms with Crippen molar-refractivity contribution in [3.8, 4) is 0 Å². The standard InChI is InChI=1S/C17H19F3N2O4S/c1-10(14(23)22-16(25)21-12-4-2-3-5-12)26-15(24)11-6-8-13(9-7-11)27-17(18,19)20/h6-10,12H,2-5H2,1H3,(H2,21,22,23,25)/t10-/m0/s1. The Morgan fingerprint density at radius 1 is 1.15 bits per heavy atom. The Bertz CT molecular complexity index is 688. The number of ether oxygens (including phenoxy) is 1. The Balaban J connectivity index is 1.83. The van der Waals surface area contributed by atoms with Gasteiger partial charge < -0.3 is 10.1 Å². The normalized spacial score (nSPS) is 15.9. The van der Waals surface area contributed by atoms with Gasteiger partial charge in [-0.25, -0.2) is 9.59 Å². The third-order valence-corrected chi connectivity index (χ3v) is 4.64. The highest BCUT2D eigenvalue weighted by Gasteiger charge is 2.29. The maximum absolute atomic E-state index is 12.3. The largest absolute Gasteiger partial charge is 0.449 e. The van der Waals surface area contributed by atoms with E-state index in [0.717, 1.165) is 37.8 Å². The summed E-state index contributed by atoms with van der Waals surface area (Å²) in [5.41, 5.74) is -4.43. The molecule has 1 aliphatic carbocycles. The third kappa shape index (κ3) is 7.12. The van der Waals surface area contributed by atoms with Crippen LogP contribution in [0.4, 0.5) is 18.0 Å². The van der Waals surface area contributed by atoms with Gasteiger partial charge in [0, 0.05) is 10.9 Å². The van der Waals surface area contributed by atoms with Crippen molar-refractivity contribution in [3.05, 3.63) is 29.8 Å². The number of esters is 1. The molecular weight excluding hydrogens is 385 g/mol. The van der Waals surface area contributed by atoms with E-state index in [-0.39, 0.29) is 28.3 Å². The van der Waals surface area contributed by atoms with Crippen molar-refractivity contribution in [3.63, 3.8) is 0 Å². The van der Waals surface area contributed by atoms with E-state index < -0.39 is 29.5 Å². The number of halogens is 3. The van der Waals surface area contributed by atoms with Crippen LogP contribution in [-0.4, -0.2) is 35.6 Å². The average Bonchev–Trinajstić information content (AvgIpc) is 3.06. The van der Waals surface area contributed by atoms with E-state index >= 15 is 0 Å². The molecule has 1 aromatic carbocycles. The summed E-state index contributed by atoms with van der Waals surface area (Å²) >= 11 is -0.301. The van der Waals surface area contributed by atoms with Crippen LogP contribution in [0.2, 0.25) is 0 Å². The fraction of sp³-hybridized carbons (Fsp3) is 0.471. The van der Waals surface area contributed by atoms with E-state index in [1.807, 2.05) is 0 Å². The van der Waals surface area contributed by atoms with E-state index in [2.05, 4.69) is 10.6 Å². The number of imide groups is 1. The van der Waals surface area contributed by atoms with Gasteiger partial charge in [-0.1, -0.05) is 12.8 Å². The van der Waals surface area contributed by atoms with Crippen LogP contribution in [0.25, 0.3) is 0 Å². The predicted octanol–water partition coefficient (Wildman–Crippen LogP) is 3.61. The first-order valence-corrected chi connectivity index (χ1v) is 9.14. The molecule has 2 rings (SSSR count). The molecule has 0 bridgehead atoms. The summed E-state index contributed by atoms with van der Waals surface area (Å²) in [6, 6.07) is 4.00. The third-order valence-electron chi connectivity index (χ3n) is 3.90. The molecular formula is C17H19F3N2O4S. The molecule has 0 aliphatic heterocycles. The number of alkyl halides is 3. The number of benzene rings is 1. The van der Waals surface area contributed by atoms with E-state index in [9.17, 15) is 27.6 Å². The minimum atomic E-state index is -4.42. The number of nitrogens with one attached hydrogen (secondary N) is 2. The summed E-state index contributed by atoms with van der Waals surface area (Å²) in [6.07, 6.45) is 2.51. The molecule has 0 heterocycles.